The second-order valence-corrected chi connectivity index (χ2v) is 12.4. The van der Waals surface area contributed by atoms with Gasteiger partial charge in [0.1, 0.15) is 0 Å². The third kappa shape index (κ3) is 5.70. The van der Waals surface area contributed by atoms with Gasteiger partial charge in [0.15, 0.2) is 0 Å². The van der Waals surface area contributed by atoms with Gasteiger partial charge in [-0.05, 0) is 87.0 Å². The molecule has 7 nitrogen and oxygen atoms in total. The Labute approximate surface area is 216 Å². The van der Waals surface area contributed by atoms with Crippen LogP contribution in [0.3, 0.4) is 0 Å². The van der Waals surface area contributed by atoms with E-state index in [1.54, 1.807) is 0 Å². The molecular formula is C29H45N5O2. The molecule has 2 bridgehead atoms. The maximum Gasteiger partial charge on any atom is 0.225 e. The van der Waals surface area contributed by atoms with Gasteiger partial charge in [-0.3, -0.25) is 9.59 Å². The largest absolute Gasteiger partial charge is 0.353 e. The van der Waals surface area contributed by atoms with E-state index in [1.807, 2.05) is 0 Å². The van der Waals surface area contributed by atoms with Crippen molar-refractivity contribution in [1.29, 1.82) is 0 Å². The van der Waals surface area contributed by atoms with Crippen molar-refractivity contribution < 1.29 is 9.59 Å². The van der Waals surface area contributed by atoms with Gasteiger partial charge in [-0.1, -0.05) is 20.8 Å². The summed E-state index contributed by atoms with van der Waals surface area (Å²) in [4.78, 5) is 40.7. The number of aryl methyl sites for hydroxylation is 2. The number of nitrogens with zero attached hydrogens (tertiary/aromatic N) is 4. The summed E-state index contributed by atoms with van der Waals surface area (Å²) >= 11 is 0. The molecule has 3 saturated heterocycles. The Morgan fingerprint density at radius 1 is 1.00 bits per heavy atom. The Morgan fingerprint density at radius 2 is 1.83 bits per heavy atom. The number of carbonyl (C=O) groups excluding carboxylic acids is 2. The first-order valence-electron chi connectivity index (χ1n) is 14.6. The average molecular weight is 496 g/mol. The number of hydrogen-bond acceptors (Lipinski definition) is 5. The molecule has 2 amide bonds. The van der Waals surface area contributed by atoms with Crippen LogP contribution < -0.4 is 10.2 Å². The molecule has 0 saturated carbocycles. The molecule has 4 aliphatic rings. The summed E-state index contributed by atoms with van der Waals surface area (Å²) in [5, 5.41) is 3.29. The molecule has 1 aromatic rings. The lowest BCUT2D eigenvalue weighted by atomic mass is 9.77. The molecule has 1 N–H and O–H groups in total. The van der Waals surface area contributed by atoms with Crippen LogP contribution in [0.5, 0.6) is 0 Å². The fourth-order valence-corrected chi connectivity index (χ4v) is 7.09. The smallest absolute Gasteiger partial charge is 0.225 e. The van der Waals surface area contributed by atoms with Crippen molar-refractivity contribution >= 4 is 17.8 Å². The lowest BCUT2D eigenvalue weighted by Gasteiger charge is -2.51. The minimum atomic E-state index is 0.167. The van der Waals surface area contributed by atoms with Crippen molar-refractivity contribution in [1.82, 2.24) is 20.2 Å². The Hall–Kier alpha value is -2.18. The highest BCUT2D eigenvalue weighted by Crippen LogP contribution is 2.37. The molecule has 3 aliphatic heterocycles. The van der Waals surface area contributed by atoms with Gasteiger partial charge < -0.3 is 15.1 Å². The van der Waals surface area contributed by atoms with Gasteiger partial charge in [0.25, 0.3) is 0 Å². The van der Waals surface area contributed by atoms with Crippen molar-refractivity contribution in [2.75, 3.05) is 24.5 Å². The lowest BCUT2D eigenvalue weighted by Crippen LogP contribution is -2.59. The van der Waals surface area contributed by atoms with Crippen molar-refractivity contribution in [3.8, 4) is 0 Å². The second kappa shape index (κ2) is 11.1. The fraction of sp³-hybridized carbons (Fsp3) is 0.793. The number of piperidine rings is 2. The molecule has 3 fully saturated rings. The summed E-state index contributed by atoms with van der Waals surface area (Å²) in [5.74, 6) is 2.97. The molecule has 4 heterocycles. The predicted molar refractivity (Wildman–Crippen MR) is 142 cm³/mol. The van der Waals surface area contributed by atoms with Crippen LogP contribution in [-0.2, 0) is 22.4 Å². The van der Waals surface area contributed by atoms with Crippen LogP contribution >= 0.6 is 0 Å². The summed E-state index contributed by atoms with van der Waals surface area (Å²) < 4.78 is 0. The number of aromatic nitrogens is 2. The molecule has 1 aromatic heterocycles. The molecule has 1 aliphatic carbocycles. The van der Waals surface area contributed by atoms with Crippen LogP contribution in [0.15, 0.2) is 6.20 Å². The quantitative estimate of drug-likeness (QED) is 0.667. The predicted octanol–water partition coefficient (Wildman–Crippen LogP) is 4.14. The van der Waals surface area contributed by atoms with E-state index < -0.39 is 0 Å². The van der Waals surface area contributed by atoms with Crippen LogP contribution in [-0.4, -0.2) is 58.4 Å². The number of fused-ring (bicyclic) bond motifs is 5. The van der Waals surface area contributed by atoms with E-state index in [2.05, 4.69) is 42.1 Å². The van der Waals surface area contributed by atoms with Crippen molar-refractivity contribution in [3.05, 3.63) is 17.5 Å². The van der Waals surface area contributed by atoms with Crippen molar-refractivity contribution in [2.24, 2.45) is 23.7 Å². The standard InChI is InChI=1S/C29H45N5O2/c1-19(2)24-12-11-20(3)13-28(36)34-17-21-14-23(26(34)9-6-10-27(35)31-24)18-33(16-21)29-30-15-22-7-4-5-8-25(22)32-29/h15,19-21,23-24,26H,4-14,16-18H2,1-3H3,(H,31,35)/t20-,21+,23+,24+,26+/m1/s1. The first-order chi connectivity index (χ1) is 17.4. The molecule has 198 valence electrons. The summed E-state index contributed by atoms with van der Waals surface area (Å²) in [5.41, 5.74) is 2.56. The summed E-state index contributed by atoms with van der Waals surface area (Å²) in [6.07, 6.45) is 12.7. The van der Waals surface area contributed by atoms with Crippen LogP contribution in [0.2, 0.25) is 0 Å². The number of hydrogen-bond donors (Lipinski definition) is 1. The number of carbonyl (C=O) groups is 2. The van der Waals surface area contributed by atoms with Crippen LogP contribution in [0.4, 0.5) is 5.95 Å². The lowest BCUT2D eigenvalue weighted by molar-refractivity contribution is -0.139. The monoisotopic (exact) mass is 495 g/mol. The highest BCUT2D eigenvalue weighted by atomic mass is 16.2. The molecule has 0 aromatic carbocycles. The van der Waals surface area contributed by atoms with Gasteiger partial charge >= 0.3 is 0 Å². The molecule has 0 spiro atoms. The third-order valence-electron chi connectivity index (χ3n) is 9.17. The number of amides is 2. The van der Waals surface area contributed by atoms with E-state index in [4.69, 9.17) is 9.97 Å². The molecule has 5 atom stereocenters. The van der Waals surface area contributed by atoms with E-state index >= 15 is 0 Å². The minimum absolute atomic E-state index is 0.167. The first-order valence-corrected chi connectivity index (χ1v) is 14.6. The van der Waals surface area contributed by atoms with Gasteiger partial charge in [-0.15, -0.1) is 0 Å². The van der Waals surface area contributed by atoms with Gasteiger partial charge in [0.2, 0.25) is 17.8 Å². The molecule has 0 unspecified atom stereocenters. The highest BCUT2D eigenvalue weighted by molar-refractivity contribution is 5.77. The maximum atomic E-state index is 13.6. The van der Waals surface area contributed by atoms with Crippen molar-refractivity contribution in [3.63, 3.8) is 0 Å². The Bertz CT molecular complexity index is 950. The maximum absolute atomic E-state index is 13.6. The molecular weight excluding hydrogens is 450 g/mol. The van der Waals surface area contributed by atoms with E-state index in [1.165, 1.54) is 24.1 Å². The second-order valence-electron chi connectivity index (χ2n) is 12.4. The minimum Gasteiger partial charge on any atom is -0.353 e. The molecule has 7 heteroatoms. The summed E-state index contributed by atoms with van der Waals surface area (Å²) in [7, 11) is 0. The van der Waals surface area contributed by atoms with Crippen LogP contribution in [0.1, 0.15) is 89.8 Å². The normalized spacial score (nSPS) is 32.1. The number of anilines is 1. The molecule has 5 rings (SSSR count). The van der Waals surface area contributed by atoms with Crippen LogP contribution in [0.25, 0.3) is 0 Å². The topological polar surface area (TPSA) is 78.4 Å². The highest BCUT2D eigenvalue weighted by Gasteiger charge is 2.43. The van der Waals surface area contributed by atoms with Gasteiger partial charge in [-0.2, -0.15) is 0 Å². The zero-order valence-corrected chi connectivity index (χ0v) is 22.5. The van der Waals surface area contributed by atoms with Gasteiger partial charge in [0, 0.05) is 56.5 Å². The zero-order chi connectivity index (χ0) is 25.2. The van der Waals surface area contributed by atoms with E-state index in [9.17, 15) is 9.59 Å². The Morgan fingerprint density at radius 3 is 2.67 bits per heavy atom. The third-order valence-corrected chi connectivity index (χ3v) is 9.17. The summed E-state index contributed by atoms with van der Waals surface area (Å²) in [6.45, 7) is 9.22. The average Bonchev–Trinajstić information content (AvgIpc) is 2.87. The zero-order valence-electron chi connectivity index (χ0n) is 22.5. The number of nitrogens with one attached hydrogen (secondary N) is 1. The molecule has 0 radical (unpaired) electrons. The van der Waals surface area contributed by atoms with E-state index in [0.29, 0.717) is 42.4 Å². The van der Waals surface area contributed by atoms with Crippen molar-refractivity contribution in [2.45, 2.75) is 103 Å². The van der Waals surface area contributed by atoms with Crippen LogP contribution in [0, 0.1) is 23.7 Å². The van der Waals surface area contributed by atoms with Gasteiger partial charge in [-0.25, -0.2) is 9.97 Å². The Balaban J connectivity index is 1.33. The number of rotatable bonds is 2. The SMILES string of the molecule is CC(C)[C@@H]1CC[C@@H](C)CC(=O)N2C[C@H]3C[C@@H](CN(c4ncc5c(n4)CCCC5)C3)[C@@H]2CCCC(=O)N1. The van der Waals surface area contributed by atoms with Gasteiger partial charge in [0.05, 0.1) is 0 Å². The van der Waals surface area contributed by atoms with E-state index in [-0.39, 0.29) is 18.0 Å². The Kier molecular flexibility index (Phi) is 7.82. The summed E-state index contributed by atoms with van der Waals surface area (Å²) in [6, 6.07) is 0.401. The van der Waals surface area contributed by atoms with E-state index in [0.717, 1.165) is 70.5 Å². The first kappa shape index (κ1) is 25.5. The fourth-order valence-electron chi connectivity index (χ4n) is 7.09. The molecule has 36 heavy (non-hydrogen) atoms.